The second-order valence-electron chi connectivity index (χ2n) is 16.9. The zero-order valence-corrected chi connectivity index (χ0v) is 40.8. The minimum absolute atomic E-state index is 0.106. The third-order valence-electron chi connectivity index (χ3n) is 10.8. The molecule has 0 fully saturated rings. The van der Waals surface area contributed by atoms with Gasteiger partial charge in [-0.1, -0.05) is 246 Å². The lowest BCUT2D eigenvalue weighted by Gasteiger charge is -2.18. The number of carbonyl (C=O) groups is 3. The first kappa shape index (κ1) is 59.3. The van der Waals surface area contributed by atoms with E-state index in [1.165, 1.54) is 103 Å². The van der Waals surface area contributed by atoms with Crippen molar-refractivity contribution in [1.82, 2.24) is 0 Å². The van der Waals surface area contributed by atoms with E-state index in [1.54, 1.807) is 0 Å². The first-order chi connectivity index (χ1) is 31.0. The van der Waals surface area contributed by atoms with Gasteiger partial charge in [0.25, 0.3) is 0 Å². The Balaban J connectivity index is 4.42. The molecule has 0 aliphatic carbocycles. The summed E-state index contributed by atoms with van der Waals surface area (Å²) in [5, 5.41) is 0. The van der Waals surface area contributed by atoms with Gasteiger partial charge in [-0.15, -0.1) is 0 Å². The van der Waals surface area contributed by atoms with Crippen molar-refractivity contribution in [2.45, 2.75) is 232 Å². The molecule has 1 atom stereocenters. The molecular formula is C57H94O6. The number of hydrogen-bond acceptors (Lipinski definition) is 6. The molecule has 0 aromatic rings. The number of hydrogen-bond donors (Lipinski definition) is 0. The van der Waals surface area contributed by atoms with Crippen LogP contribution in [-0.2, 0) is 28.6 Å². The Labute approximate surface area is 387 Å². The van der Waals surface area contributed by atoms with Crippen LogP contribution in [0.2, 0.25) is 0 Å². The molecule has 0 amide bonds. The molecule has 0 aliphatic heterocycles. The first-order valence-electron chi connectivity index (χ1n) is 25.8. The molecule has 0 bridgehead atoms. The summed E-state index contributed by atoms with van der Waals surface area (Å²) in [5.74, 6) is -0.988. The minimum atomic E-state index is -0.813. The maximum absolute atomic E-state index is 12.8. The van der Waals surface area contributed by atoms with Crippen LogP contribution >= 0.6 is 0 Å². The van der Waals surface area contributed by atoms with Gasteiger partial charge in [-0.3, -0.25) is 14.4 Å². The molecule has 1 unspecified atom stereocenters. The van der Waals surface area contributed by atoms with Crippen LogP contribution < -0.4 is 0 Å². The predicted molar refractivity (Wildman–Crippen MR) is 270 cm³/mol. The Bertz CT molecular complexity index is 1280. The fourth-order valence-corrected chi connectivity index (χ4v) is 6.93. The Morgan fingerprint density at radius 1 is 0.333 bits per heavy atom. The highest BCUT2D eigenvalue weighted by molar-refractivity contribution is 5.71. The molecule has 358 valence electrons. The lowest BCUT2D eigenvalue weighted by Crippen LogP contribution is -2.30. The van der Waals surface area contributed by atoms with E-state index < -0.39 is 6.10 Å². The number of esters is 3. The van der Waals surface area contributed by atoms with Gasteiger partial charge < -0.3 is 14.2 Å². The molecule has 0 rings (SSSR count). The van der Waals surface area contributed by atoms with Gasteiger partial charge in [0.1, 0.15) is 13.2 Å². The maximum Gasteiger partial charge on any atom is 0.306 e. The number of carbonyl (C=O) groups excluding carboxylic acids is 3. The number of allylic oxidation sites excluding steroid dienone is 16. The van der Waals surface area contributed by atoms with E-state index in [2.05, 4.69) is 45.1 Å². The van der Waals surface area contributed by atoms with Crippen molar-refractivity contribution in [2.24, 2.45) is 0 Å². The van der Waals surface area contributed by atoms with Crippen LogP contribution in [0.5, 0.6) is 0 Å². The summed E-state index contributed by atoms with van der Waals surface area (Å²) in [6.07, 6.45) is 66.9. The molecule has 0 saturated heterocycles. The SMILES string of the molecule is CC\C=C/C=C\C=C/C=C\CCCCCC(=O)OCC(COC(=O)CCCCCCCCCCCCCCCCCCCCC)OC(=O)CCCCC\C=C/C=C\C=C/C=C\CC. The van der Waals surface area contributed by atoms with Crippen molar-refractivity contribution in [3.63, 3.8) is 0 Å². The van der Waals surface area contributed by atoms with Crippen LogP contribution in [0.3, 0.4) is 0 Å². The number of ether oxygens (including phenoxy) is 3. The zero-order valence-electron chi connectivity index (χ0n) is 40.8. The molecule has 0 aromatic heterocycles. The highest BCUT2D eigenvalue weighted by Gasteiger charge is 2.19. The molecule has 0 radical (unpaired) electrons. The van der Waals surface area contributed by atoms with Crippen molar-refractivity contribution in [3.05, 3.63) is 97.2 Å². The molecule has 0 saturated carbocycles. The van der Waals surface area contributed by atoms with Gasteiger partial charge in [0, 0.05) is 19.3 Å². The third kappa shape index (κ3) is 49.2. The molecule has 6 heteroatoms. The van der Waals surface area contributed by atoms with Crippen LogP contribution in [0.4, 0.5) is 0 Å². The van der Waals surface area contributed by atoms with Crippen LogP contribution in [-0.4, -0.2) is 37.2 Å². The number of unbranched alkanes of at least 4 members (excludes halogenated alkanes) is 24. The molecule has 0 spiro atoms. The first-order valence-corrected chi connectivity index (χ1v) is 25.8. The topological polar surface area (TPSA) is 78.9 Å². The lowest BCUT2D eigenvalue weighted by atomic mass is 10.0. The summed E-state index contributed by atoms with van der Waals surface area (Å²) in [4.78, 5) is 37.9. The van der Waals surface area contributed by atoms with Crippen LogP contribution in [0.25, 0.3) is 0 Å². The predicted octanol–water partition coefficient (Wildman–Crippen LogP) is 17.0. The highest BCUT2D eigenvalue weighted by Crippen LogP contribution is 2.16. The summed E-state index contributed by atoms with van der Waals surface area (Å²) in [5.41, 5.74) is 0. The fraction of sp³-hybridized carbons (Fsp3) is 0.667. The summed E-state index contributed by atoms with van der Waals surface area (Å²) in [6.45, 7) is 6.29. The van der Waals surface area contributed by atoms with E-state index in [0.717, 1.165) is 77.0 Å². The van der Waals surface area contributed by atoms with E-state index >= 15 is 0 Å². The quantitative estimate of drug-likeness (QED) is 0.0262. The molecule has 0 aromatic carbocycles. The van der Waals surface area contributed by atoms with E-state index in [1.807, 2.05) is 72.9 Å². The van der Waals surface area contributed by atoms with Gasteiger partial charge in [0.2, 0.25) is 0 Å². The molecular weight excluding hydrogens is 781 g/mol. The van der Waals surface area contributed by atoms with Crippen LogP contribution in [0, 0.1) is 0 Å². The monoisotopic (exact) mass is 875 g/mol. The zero-order chi connectivity index (χ0) is 45.8. The van der Waals surface area contributed by atoms with Gasteiger partial charge in [0.15, 0.2) is 6.10 Å². The summed E-state index contributed by atoms with van der Waals surface area (Å²) in [7, 11) is 0. The third-order valence-corrected chi connectivity index (χ3v) is 10.8. The summed E-state index contributed by atoms with van der Waals surface area (Å²) in [6, 6.07) is 0. The number of rotatable bonds is 45. The minimum Gasteiger partial charge on any atom is -0.462 e. The van der Waals surface area contributed by atoms with E-state index in [9.17, 15) is 14.4 Å². The molecule has 0 aliphatic rings. The van der Waals surface area contributed by atoms with Crippen molar-refractivity contribution in [3.8, 4) is 0 Å². The maximum atomic E-state index is 12.8. The van der Waals surface area contributed by atoms with Gasteiger partial charge in [-0.25, -0.2) is 0 Å². The second-order valence-corrected chi connectivity index (χ2v) is 16.9. The normalized spacial score (nSPS) is 12.9. The van der Waals surface area contributed by atoms with Crippen molar-refractivity contribution in [2.75, 3.05) is 13.2 Å². The van der Waals surface area contributed by atoms with Gasteiger partial charge >= 0.3 is 17.9 Å². The average molecular weight is 875 g/mol. The molecule has 0 N–H and O–H groups in total. The Morgan fingerprint density at radius 3 is 0.968 bits per heavy atom. The average Bonchev–Trinajstić information content (AvgIpc) is 3.28. The molecule has 0 heterocycles. The molecule has 6 nitrogen and oxygen atoms in total. The summed E-state index contributed by atoms with van der Waals surface area (Å²) < 4.78 is 16.7. The van der Waals surface area contributed by atoms with Crippen molar-refractivity contribution >= 4 is 17.9 Å². The second kappa shape index (κ2) is 51.0. The Morgan fingerprint density at radius 2 is 0.619 bits per heavy atom. The fourth-order valence-electron chi connectivity index (χ4n) is 6.93. The van der Waals surface area contributed by atoms with E-state index in [0.29, 0.717) is 19.3 Å². The highest BCUT2D eigenvalue weighted by atomic mass is 16.6. The van der Waals surface area contributed by atoms with Crippen LogP contribution in [0.1, 0.15) is 226 Å². The van der Waals surface area contributed by atoms with Crippen LogP contribution in [0.15, 0.2) is 97.2 Å². The smallest absolute Gasteiger partial charge is 0.306 e. The van der Waals surface area contributed by atoms with Gasteiger partial charge in [-0.2, -0.15) is 0 Å². The van der Waals surface area contributed by atoms with Gasteiger partial charge in [0.05, 0.1) is 0 Å². The Kier molecular flexibility index (Phi) is 48.0. The molecule has 63 heavy (non-hydrogen) atoms. The van der Waals surface area contributed by atoms with Gasteiger partial charge in [-0.05, 0) is 57.8 Å². The largest absolute Gasteiger partial charge is 0.462 e. The summed E-state index contributed by atoms with van der Waals surface area (Å²) >= 11 is 0. The van der Waals surface area contributed by atoms with Crippen molar-refractivity contribution in [1.29, 1.82) is 0 Å². The Hall–Kier alpha value is -3.67. The standard InChI is InChI=1S/C57H94O6/c1-4-7-10-13-16-19-22-25-26-27-28-29-30-33-35-38-41-44-47-50-56(59)62-53-54(63-57(60)51-48-45-42-39-36-32-24-21-18-15-12-9-6-3)52-61-55(58)49-46-43-40-37-34-31-23-20-17-14-11-8-5-2/h8-9,11-12,14-15,17-18,20-21,23-24,31-32,34,36,54H,4-7,10,13,16,19,22,25-30,33,35,37-53H2,1-3H3/b11-8-,12-9-,17-14-,18-15-,23-20-,24-21-,34-31-,36-32-. The van der Waals surface area contributed by atoms with Crippen molar-refractivity contribution < 1.29 is 28.6 Å². The lowest BCUT2D eigenvalue weighted by molar-refractivity contribution is -0.167. The van der Waals surface area contributed by atoms with E-state index in [-0.39, 0.29) is 37.5 Å². The van der Waals surface area contributed by atoms with E-state index in [4.69, 9.17) is 14.2 Å².